The number of pyridine rings is 1. The third-order valence-corrected chi connectivity index (χ3v) is 5.12. The molecular formula is C13H13ClFN3O2S. The van der Waals surface area contributed by atoms with Crippen LogP contribution in [0.4, 0.5) is 10.1 Å². The Hall–Kier alpha value is -1.52. The van der Waals surface area contributed by atoms with Crippen LogP contribution in [0.5, 0.6) is 0 Å². The molecule has 1 aromatic rings. The molecule has 1 amide bonds. The molecule has 0 aliphatic carbocycles. The first-order valence-corrected chi connectivity index (χ1v) is 7.74. The SMILES string of the molecule is CCn1cc(NC(=O)C2CC(C#N)C(Cl)S2)cc(F)c1=O. The van der Waals surface area contributed by atoms with Crippen molar-refractivity contribution in [3.8, 4) is 6.07 Å². The Bertz CT molecular complexity index is 658. The molecule has 1 saturated heterocycles. The summed E-state index contributed by atoms with van der Waals surface area (Å²) in [6.45, 7) is 2.01. The van der Waals surface area contributed by atoms with Gasteiger partial charge in [-0.25, -0.2) is 4.39 Å². The van der Waals surface area contributed by atoms with Crippen molar-refractivity contribution in [2.75, 3.05) is 5.32 Å². The third-order valence-electron chi connectivity index (χ3n) is 3.19. The Labute approximate surface area is 130 Å². The first kappa shape index (κ1) is 15.9. The summed E-state index contributed by atoms with van der Waals surface area (Å²) >= 11 is 7.18. The van der Waals surface area contributed by atoms with E-state index in [2.05, 4.69) is 11.4 Å². The second kappa shape index (κ2) is 6.50. The number of hydrogen-bond donors (Lipinski definition) is 1. The number of hydrogen-bond acceptors (Lipinski definition) is 4. The number of aromatic nitrogens is 1. The Morgan fingerprint density at radius 2 is 2.43 bits per heavy atom. The van der Waals surface area contributed by atoms with Crippen LogP contribution in [0.25, 0.3) is 0 Å². The lowest BCUT2D eigenvalue weighted by Crippen LogP contribution is -2.27. The fraction of sp³-hybridized carbons (Fsp3) is 0.462. The van der Waals surface area contributed by atoms with Crippen molar-refractivity contribution in [3.63, 3.8) is 0 Å². The van der Waals surface area contributed by atoms with E-state index >= 15 is 0 Å². The molecule has 0 saturated carbocycles. The fourth-order valence-corrected chi connectivity index (χ4v) is 3.76. The van der Waals surface area contributed by atoms with Gasteiger partial charge in [0.15, 0.2) is 5.82 Å². The number of halogens is 2. The zero-order valence-corrected chi connectivity index (χ0v) is 12.7. The molecule has 112 valence electrons. The van der Waals surface area contributed by atoms with Gasteiger partial charge in [0.05, 0.1) is 27.6 Å². The number of amides is 1. The number of nitrogens with one attached hydrogen (secondary N) is 1. The topological polar surface area (TPSA) is 74.9 Å². The molecule has 2 heterocycles. The minimum atomic E-state index is -0.918. The largest absolute Gasteiger partial charge is 0.324 e. The predicted molar refractivity (Wildman–Crippen MR) is 79.7 cm³/mol. The van der Waals surface area contributed by atoms with Crippen LogP contribution in [0.1, 0.15) is 13.3 Å². The lowest BCUT2D eigenvalue weighted by Gasteiger charge is -2.11. The van der Waals surface area contributed by atoms with Crippen LogP contribution >= 0.6 is 23.4 Å². The van der Waals surface area contributed by atoms with E-state index in [0.29, 0.717) is 13.0 Å². The molecule has 8 heteroatoms. The Morgan fingerprint density at radius 3 is 3.00 bits per heavy atom. The summed E-state index contributed by atoms with van der Waals surface area (Å²) in [4.78, 5) is 23.5. The van der Waals surface area contributed by atoms with Crippen LogP contribution in [0.3, 0.4) is 0 Å². The van der Waals surface area contributed by atoms with E-state index in [1.54, 1.807) is 6.92 Å². The molecular weight excluding hydrogens is 317 g/mol. The van der Waals surface area contributed by atoms with Crippen molar-refractivity contribution in [2.24, 2.45) is 5.92 Å². The van der Waals surface area contributed by atoms with E-state index in [-0.39, 0.29) is 17.5 Å². The first-order valence-electron chi connectivity index (χ1n) is 6.36. The van der Waals surface area contributed by atoms with Crippen molar-refractivity contribution in [1.82, 2.24) is 4.57 Å². The number of carbonyl (C=O) groups excluding carboxylic acids is 1. The summed E-state index contributed by atoms with van der Waals surface area (Å²) in [6, 6.07) is 3.05. The lowest BCUT2D eigenvalue weighted by molar-refractivity contribution is -0.115. The number of aryl methyl sites for hydroxylation is 1. The molecule has 2 rings (SSSR count). The van der Waals surface area contributed by atoms with Crippen LogP contribution in [0.15, 0.2) is 17.1 Å². The van der Waals surface area contributed by atoms with Gasteiger partial charge in [0, 0.05) is 18.8 Å². The van der Waals surface area contributed by atoms with Crippen molar-refractivity contribution < 1.29 is 9.18 Å². The second-order valence-corrected chi connectivity index (χ2v) is 6.68. The van der Waals surface area contributed by atoms with Crippen LogP contribution in [-0.2, 0) is 11.3 Å². The highest BCUT2D eigenvalue weighted by atomic mass is 35.5. The molecule has 1 aromatic heterocycles. The molecule has 1 N–H and O–H groups in total. The molecule has 0 bridgehead atoms. The predicted octanol–water partition coefficient (Wildman–Crippen LogP) is 2.16. The highest BCUT2D eigenvalue weighted by molar-refractivity contribution is 8.02. The van der Waals surface area contributed by atoms with E-state index in [9.17, 15) is 14.0 Å². The van der Waals surface area contributed by atoms with Gasteiger partial charge in [-0.15, -0.1) is 23.4 Å². The van der Waals surface area contributed by atoms with E-state index in [0.717, 1.165) is 6.07 Å². The van der Waals surface area contributed by atoms with E-state index in [1.807, 2.05) is 0 Å². The molecule has 5 nitrogen and oxygen atoms in total. The van der Waals surface area contributed by atoms with Crippen molar-refractivity contribution >= 4 is 35.0 Å². The van der Waals surface area contributed by atoms with Crippen molar-refractivity contribution in [2.45, 2.75) is 29.8 Å². The van der Waals surface area contributed by atoms with Crippen molar-refractivity contribution in [1.29, 1.82) is 5.26 Å². The molecule has 3 atom stereocenters. The average Bonchev–Trinajstić information content (AvgIpc) is 2.83. The molecule has 1 aliphatic rings. The second-order valence-electron chi connectivity index (χ2n) is 4.60. The zero-order valence-electron chi connectivity index (χ0n) is 11.2. The summed E-state index contributed by atoms with van der Waals surface area (Å²) in [5.74, 6) is -1.64. The maximum Gasteiger partial charge on any atom is 0.286 e. The highest BCUT2D eigenvalue weighted by Gasteiger charge is 2.37. The number of nitrogens with zero attached hydrogens (tertiary/aromatic N) is 2. The first-order chi connectivity index (χ1) is 9.96. The molecule has 0 aromatic carbocycles. The van der Waals surface area contributed by atoms with Gasteiger partial charge in [-0.1, -0.05) is 0 Å². The van der Waals surface area contributed by atoms with Gasteiger partial charge in [-0.3, -0.25) is 9.59 Å². The number of carbonyl (C=O) groups is 1. The average molecular weight is 330 g/mol. The van der Waals surface area contributed by atoms with E-state index in [4.69, 9.17) is 16.9 Å². The van der Waals surface area contributed by atoms with Gasteiger partial charge in [0.25, 0.3) is 5.56 Å². The minimum absolute atomic E-state index is 0.214. The van der Waals surface area contributed by atoms with E-state index in [1.165, 1.54) is 22.5 Å². The van der Waals surface area contributed by atoms with Crippen molar-refractivity contribution in [3.05, 3.63) is 28.4 Å². The lowest BCUT2D eigenvalue weighted by atomic mass is 10.1. The standard InChI is InChI=1S/C13H13ClFN3O2S/c1-2-18-6-8(4-9(15)13(18)20)17-12(19)10-3-7(5-16)11(14)21-10/h4,6-7,10-11H,2-3H2,1H3,(H,17,19). The Balaban J connectivity index is 2.12. The van der Waals surface area contributed by atoms with Crippen LogP contribution < -0.4 is 10.9 Å². The smallest absolute Gasteiger partial charge is 0.286 e. The number of anilines is 1. The summed E-state index contributed by atoms with van der Waals surface area (Å²) in [7, 11) is 0. The molecule has 0 radical (unpaired) electrons. The quantitative estimate of drug-likeness (QED) is 0.862. The van der Waals surface area contributed by atoms with Crippen LogP contribution in [0, 0.1) is 23.1 Å². The summed E-state index contributed by atoms with van der Waals surface area (Å²) in [6.07, 6.45) is 1.75. The van der Waals surface area contributed by atoms with E-state index < -0.39 is 21.3 Å². The summed E-state index contributed by atoms with van der Waals surface area (Å²) < 4.78 is 14.2. The maximum atomic E-state index is 13.5. The van der Waals surface area contributed by atoms with Gasteiger partial charge < -0.3 is 9.88 Å². The summed E-state index contributed by atoms with van der Waals surface area (Å²) in [5.41, 5.74) is -0.512. The molecule has 3 unspecified atom stereocenters. The summed E-state index contributed by atoms with van der Waals surface area (Å²) in [5, 5.41) is 11.0. The Kier molecular flexibility index (Phi) is 4.91. The van der Waals surface area contributed by atoms with Gasteiger partial charge in [0.1, 0.15) is 0 Å². The molecule has 1 fully saturated rings. The fourth-order valence-electron chi connectivity index (χ4n) is 2.05. The monoisotopic (exact) mass is 329 g/mol. The molecule has 0 spiro atoms. The van der Waals surface area contributed by atoms with Gasteiger partial charge >= 0.3 is 0 Å². The maximum absolute atomic E-state index is 13.5. The number of alkyl halides is 1. The van der Waals surface area contributed by atoms with Crippen LogP contribution in [0.2, 0.25) is 0 Å². The molecule has 21 heavy (non-hydrogen) atoms. The molecule has 1 aliphatic heterocycles. The van der Waals surface area contributed by atoms with Crippen LogP contribution in [-0.4, -0.2) is 20.4 Å². The normalized spacial score (nSPS) is 24.6. The number of rotatable bonds is 3. The minimum Gasteiger partial charge on any atom is -0.324 e. The highest BCUT2D eigenvalue weighted by Crippen LogP contribution is 2.40. The zero-order chi connectivity index (χ0) is 15.6. The van der Waals surface area contributed by atoms with Gasteiger partial charge in [-0.2, -0.15) is 5.26 Å². The number of thioether (sulfide) groups is 1. The Morgan fingerprint density at radius 1 is 1.71 bits per heavy atom. The van der Waals surface area contributed by atoms with Gasteiger partial charge in [0.2, 0.25) is 5.91 Å². The third kappa shape index (κ3) is 3.39. The number of nitriles is 1. The van der Waals surface area contributed by atoms with Gasteiger partial charge in [-0.05, 0) is 13.3 Å².